The first-order valence-electron chi connectivity index (χ1n) is 10.6. The molecule has 1 unspecified atom stereocenters. The smallest absolute Gasteiger partial charge is 0.223 e. The van der Waals surface area contributed by atoms with Gasteiger partial charge in [-0.3, -0.25) is 4.79 Å². The predicted octanol–water partition coefficient (Wildman–Crippen LogP) is 4.66. The standard InChI is InChI=1S/C25H32N2O4/c1-25(2,3)15-24(28)27(16-18-9-7-6-8-10-18)17-20-14-21(26-31-20)19-11-12-22(29-4)23(13-19)30-5/h6-13,20H,14-17H2,1-5H3. The van der Waals surface area contributed by atoms with Crippen LogP contribution in [0.3, 0.4) is 0 Å². The van der Waals surface area contributed by atoms with Gasteiger partial charge in [0.05, 0.1) is 26.5 Å². The average molecular weight is 425 g/mol. The molecular weight excluding hydrogens is 392 g/mol. The molecule has 166 valence electrons. The van der Waals surface area contributed by atoms with Crippen LogP contribution in [0.1, 0.15) is 44.7 Å². The van der Waals surface area contributed by atoms with E-state index in [0.29, 0.717) is 37.4 Å². The van der Waals surface area contributed by atoms with Gasteiger partial charge in [0.15, 0.2) is 17.6 Å². The van der Waals surface area contributed by atoms with Crippen molar-refractivity contribution >= 4 is 11.6 Å². The molecule has 1 aliphatic heterocycles. The van der Waals surface area contributed by atoms with Gasteiger partial charge in [-0.2, -0.15) is 0 Å². The highest BCUT2D eigenvalue weighted by Gasteiger charge is 2.29. The summed E-state index contributed by atoms with van der Waals surface area (Å²) in [5, 5.41) is 4.29. The lowest BCUT2D eigenvalue weighted by Gasteiger charge is -2.28. The summed E-state index contributed by atoms with van der Waals surface area (Å²) in [6, 6.07) is 15.7. The van der Waals surface area contributed by atoms with Gasteiger partial charge in [-0.05, 0) is 29.2 Å². The summed E-state index contributed by atoms with van der Waals surface area (Å²) in [4.78, 5) is 20.7. The predicted molar refractivity (Wildman–Crippen MR) is 122 cm³/mol. The Kier molecular flexibility index (Phi) is 7.21. The molecule has 6 heteroatoms. The van der Waals surface area contributed by atoms with Crippen LogP contribution in [0.2, 0.25) is 0 Å². The van der Waals surface area contributed by atoms with Gasteiger partial charge in [0, 0.05) is 24.9 Å². The molecule has 0 bridgehead atoms. The van der Waals surface area contributed by atoms with Crippen molar-refractivity contribution in [2.24, 2.45) is 10.6 Å². The number of hydrogen-bond donors (Lipinski definition) is 0. The molecule has 2 aromatic rings. The first-order chi connectivity index (χ1) is 14.8. The van der Waals surface area contributed by atoms with E-state index in [0.717, 1.165) is 16.8 Å². The number of benzene rings is 2. The highest BCUT2D eigenvalue weighted by molar-refractivity contribution is 6.01. The summed E-state index contributed by atoms with van der Waals surface area (Å²) >= 11 is 0. The second kappa shape index (κ2) is 9.86. The molecule has 1 atom stereocenters. The molecular formula is C25H32N2O4. The van der Waals surface area contributed by atoms with E-state index in [2.05, 4.69) is 25.9 Å². The molecule has 2 aromatic carbocycles. The number of methoxy groups -OCH3 is 2. The van der Waals surface area contributed by atoms with Crippen LogP contribution in [0.25, 0.3) is 0 Å². The van der Waals surface area contributed by atoms with Crippen molar-refractivity contribution in [1.29, 1.82) is 0 Å². The topological polar surface area (TPSA) is 60.4 Å². The third kappa shape index (κ3) is 6.23. The van der Waals surface area contributed by atoms with E-state index in [1.54, 1.807) is 14.2 Å². The highest BCUT2D eigenvalue weighted by atomic mass is 16.6. The summed E-state index contributed by atoms with van der Waals surface area (Å²) in [7, 11) is 3.22. The molecule has 3 rings (SSSR count). The van der Waals surface area contributed by atoms with Crippen LogP contribution in [0.4, 0.5) is 0 Å². The van der Waals surface area contributed by atoms with Crippen LogP contribution >= 0.6 is 0 Å². The van der Waals surface area contributed by atoms with Gasteiger partial charge in [0.25, 0.3) is 0 Å². The van der Waals surface area contributed by atoms with E-state index >= 15 is 0 Å². The van der Waals surface area contributed by atoms with Crippen molar-refractivity contribution in [1.82, 2.24) is 4.90 Å². The Morgan fingerprint density at radius 1 is 1.10 bits per heavy atom. The van der Waals surface area contributed by atoms with Gasteiger partial charge < -0.3 is 19.2 Å². The van der Waals surface area contributed by atoms with Crippen LogP contribution in [-0.4, -0.2) is 43.4 Å². The fraction of sp³-hybridized carbons (Fsp3) is 0.440. The number of nitrogens with zero attached hydrogens (tertiary/aromatic N) is 2. The van der Waals surface area contributed by atoms with Gasteiger partial charge in [-0.1, -0.05) is 56.3 Å². The van der Waals surface area contributed by atoms with Crippen molar-refractivity contribution in [3.05, 3.63) is 59.7 Å². The first kappa shape index (κ1) is 22.7. The minimum Gasteiger partial charge on any atom is -0.493 e. The Balaban J connectivity index is 1.70. The lowest BCUT2D eigenvalue weighted by molar-refractivity contribution is -0.135. The van der Waals surface area contributed by atoms with Crippen LogP contribution in [0.15, 0.2) is 53.7 Å². The van der Waals surface area contributed by atoms with E-state index < -0.39 is 0 Å². The zero-order valence-electron chi connectivity index (χ0n) is 19.1. The molecule has 0 aromatic heterocycles. The van der Waals surface area contributed by atoms with Crippen molar-refractivity contribution in [2.75, 3.05) is 20.8 Å². The number of ether oxygens (including phenoxy) is 2. The van der Waals surface area contributed by atoms with Crippen LogP contribution < -0.4 is 9.47 Å². The molecule has 1 amide bonds. The van der Waals surface area contributed by atoms with Crippen molar-refractivity contribution < 1.29 is 19.1 Å². The maximum atomic E-state index is 13.1. The lowest BCUT2D eigenvalue weighted by Crippen LogP contribution is -2.38. The van der Waals surface area contributed by atoms with Gasteiger partial charge in [-0.25, -0.2) is 0 Å². The molecule has 0 saturated heterocycles. The minimum atomic E-state index is -0.185. The molecule has 1 heterocycles. The average Bonchev–Trinajstić information content (AvgIpc) is 3.21. The quantitative estimate of drug-likeness (QED) is 0.618. The fourth-order valence-corrected chi connectivity index (χ4v) is 3.58. The Bertz CT molecular complexity index is 919. The second-order valence-corrected chi connectivity index (χ2v) is 9.04. The summed E-state index contributed by atoms with van der Waals surface area (Å²) < 4.78 is 10.7. The zero-order valence-corrected chi connectivity index (χ0v) is 19.1. The van der Waals surface area contributed by atoms with E-state index in [9.17, 15) is 4.79 Å². The molecule has 0 spiro atoms. The molecule has 0 fully saturated rings. The number of amides is 1. The van der Waals surface area contributed by atoms with E-state index in [1.165, 1.54) is 0 Å². The Morgan fingerprint density at radius 2 is 1.81 bits per heavy atom. The molecule has 0 radical (unpaired) electrons. The van der Waals surface area contributed by atoms with Crippen molar-refractivity contribution in [3.8, 4) is 11.5 Å². The molecule has 0 saturated carbocycles. The number of rotatable bonds is 8. The largest absolute Gasteiger partial charge is 0.493 e. The van der Waals surface area contributed by atoms with Gasteiger partial charge in [0.2, 0.25) is 5.91 Å². The maximum Gasteiger partial charge on any atom is 0.223 e. The van der Waals surface area contributed by atoms with Gasteiger partial charge in [-0.15, -0.1) is 0 Å². The van der Waals surface area contributed by atoms with Crippen molar-refractivity contribution in [2.45, 2.75) is 46.3 Å². The van der Waals surface area contributed by atoms with Crippen LogP contribution in [0, 0.1) is 5.41 Å². The van der Waals surface area contributed by atoms with E-state index in [4.69, 9.17) is 14.3 Å². The number of oxime groups is 1. The molecule has 1 aliphatic rings. The Morgan fingerprint density at radius 3 is 2.45 bits per heavy atom. The SMILES string of the molecule is COc1ccc(C2=NOC(CN(Cc3ccccc3)C(=O)CC(C)(C)C)C2)cc1OC. The highest BCUT2D eigenvalue weighted by Crippen LogP contribution is 2.30. The summed E-state index contributed by atoms with van der Waals surface area (Å²) in [5.74, 6) is 1.45. The second-order valence-electron chi connectivity index (χ2n) is 9.04. The molecule has 6 nitrogen and oxygen atoms in total. The maximum absolute atomic E-state index is 13.1. The fourth-order valence-electron chi connectivity index (χ4n) is 3.58. The minimum absolute atomic E-state index is 0.0795. The van der Waals surface area contributed by atoms with E-state index in [1.807, 2.05) is 53.4 Å². The number of carbonyl (C=O) groups excluding carboxylic acids is 1. The summed E-state index contributed by atoms with van der Waals surface area (Å²) in [6.45, 7) is 7.28. The summed E-state index contributed by atoms with van der Waals surface area (Å²) in [5.41, 5.74) is 2.79. The lowest BCUT2D eigenvalue weighted by atomic mass is 9.91. The molecule has 0 N–H and O–H groups in total. The van der Waals surface area contributed by atoms with E-state index in [-0.39, 0.29) is 17.4 Å². The molecule has 0 aliphatic carbocycles. The Hall–Kier alpha value is -3.02. The van der Waals surface area contributed by atoms with Crippen molar-refractivity contribution in [3.63, 3.8) is 0 Å². The monoisotopic (exact) mass is 424 g/mol. The van der Waals surface area contributed by atoms with Gasteiger partial charge in [0.1, 0.15) is 0 Å². The molecule has 31 heavy (non-hydrogen) atoms. The number of carbonyl (C=O) groups is 1. The van der Waals surface area contributed by atoms with Crippen LogP contribution in [-0.2, 0) is 16.2 Å². The Labute approximate surface area is 184 Å². The first-order valence-corrected chi connectivity index (χ1v) is 10.6. The third-order valence-electron chi connectivity index (χ3n) is 5.12. The normalized spacial score (nSPS) is 15.8. The zero-order chi connectivity index (χ0) is 22.4. The van der Waals surface area contributed by atoms with Gasteiger partial charge >= 0.3 is 0 Å². The number of hydrogen-bond acceptors (Lipinski definition) is 5. The van der Waals surface area contributed by atoms with Crippen LogP contribution in [0.5, 0.6) is 11.5 Å². The summed E-state index contributed by atoms with van der Waals surface area (Å²) in [6.07, 6.45) is 0.926. The third-order valence-corrected chi connectivity index (χ3v) is 5.12.